The maximum absolute atomic E-state index is 11.8. The standard InChI is InChI=1S/C16H17BrN2O2/c1-2-21-15-8-6-14(7-9-15)19-16(20)18-11-12-4-3-5-13(17)10-12/h3-10H,2,11H2,1H3,(H2,18,19,20). The smallest absolute Gasteiger partial charge is 0.319 e. The molecule has 110 valence electrons. The second-order valence-electron chi connectivity index (χ2n) is 4.39. The molecule has 0 aromatic heterocycles. The number of hydrogen-bond acceptors (Lipinski definition) is 2. The molecule has 2 aromatic carbocycles. The van der Waals surface area contributed by atoms with Crippen LogP contribution < -0.4 is 15.4 Å². The third-order valence-electron chi connectivity index (χ3n) is 2.77. The topological polar surface area (TPSA) is 50.4 Å². The van der Waals surface area contributed by atoms with E-state index in [9.17, 15) is 4.79 Å². The number of halogens is 1. The number of amides is 2. The highest BCUT2D eigenvalue weighted by Gasteiger charge is 2.02. The van der Waals surface area contributed by atoms with Gasteiger partial charge in [0.1, 0.15) is 5.75 Å². The number of anilines is 1. The van der Waals surface area contributed by atoms with E-state index in [-0.39, 0.29) is 6.03 Å². The molecule has 21 heavy (non-hydrogen) atoms. The quantitative estimate of drug-likeness (QED) is 0.851. The first-order valence-electron chi connectivity index (χ1n) is 6.69. The van der Waals surface area contributed by atoms with Gasteiger partial charge in [0.15, 0.2) is 0 Å². The van der Waals surface area contributed by atoms with E-state index in [1.54, 1.807) is 0 Å². The summed E-state index contributed by atoms with van der Waals surface area (Å²) < 4.78 is 6.34. The van der Waals surface area contributed by atoms with Crippen LogP contribution >= 0.6 is 15.9 Å². The van der Waals surface area contributed by atoms with E-state index in [2.05, 4.69) is 26.6 Å². The summed E-state index contributed by atoms with van der Waals surface area (Å²) in [7, 11) is 0. The Morgan fingerprint density at radius 3 is 2.62 bits per heavy atom. The van der Waals surface area contributed by atoms with Gasteiger partial charge in [-0.15, -0.1) is 0 Å². The Hall–Kier alpha value is -2.01. The first kappa shape index (κ1) is 15.4. The normalized spacial score (nSPS) is 10.0. The number of hydrogen-bond donors (Lipinski definition) is 2. The second-order valence-corrected chi connectivity index (χ2v) is 5.31. The van der Waals surface area contributed by atoms with Gasteiger partial charge in [0.2, 0.25) is 0 Å². The Balaban J connectivity index is 1.84. The molecule has 4 nitrogen and oxygen atoms in total. The number of benzene rings is 2. The van der Waals surface area contributed by atoms with Crippen molar-refractivity contribution in [2.75, 3.05) is 11.9 Å². The maximum atomic E-state index is 11.8. The summed E-state index contributed by atoms with van der Waals surface area (Å²) in [5, 5.41) is 5.59. The van der Waals surface area contributed by atoms with Gasteiger partial charge in [-0.3, -0.25) is 0 Å². The van der Waals surface area contributed by atoms with E-state index in [0.29, 0.717) is 13.2 Å². The van der Waals surface area contributed by atoms with Crippen LogP contribution in [0.3, 0.4) is 0 Å². The predicted molar refractivity (Wildman–Crippen MR) is 87.6 cm³/mol. The number of ether oxygens (including phenoxy) is 1. The third-order valence-corrected chi connectivity index (χ3v) is 3.26. The van der Waals surface area contributed by atoms with Crippen LogP contribution in [0.25, 0.3) is 0 Å². The van der Waals surface area contributed by atoms with Crippen molar-refractivity contribution in [2.45, 2.75) is 13.5 Å². The number of carbonyl (C=O) groups is 1. The Bertz CT molecular complexity index is 599. The molecule has 0 radical (unpaired) electrons. The zero-order valence-electron chi connectivity index (χ0n) is 11.7. The molecule has 0 atom stereocenters. The zero-order chi connectivity index (χ0) is 15.1. The summed E-state index contributed by atoms with van der Waals surface area (Å²) in [6.07, 6.45) is 0. The average Bonchev–Trinajstić information content (AvgIpc) is 2.48. The summed E-state index contributed by atoms with van der Waals surface area (Å²) in [5.41, 5.74) is 1.76. The summed E-state index contributed by atoms with van der Waals surface area (Å²) in [6.45, 7) is 3.03. The monoisotopic (exact) mass is 348 g/mol. The molecule has 2 rings (SSSR count). The van der Waals surface area contributed by atoms with Crippen molar-refractivity contribution in [1.82, 2.24) is 5.32 Å². The number of nitrogens with one attached hydrogen (secondary N) is 2. The second kappa shape index (κ2) is 7.69. The average molecular weight is 349 g/mol. The van der Waals surface area contributed by atoms with Gasteiger partial charge in [0.05, 0.1) is 6.61 Å². The predicted octanol–water partition coefficient (Wildman–Crippen LogP) is 4.17. The van der Waals surface area contributed by atoms with Gasteiger partial charge in [-0.25, -0.2) is 4.79 Å². The lowest BCUT2D eigenvalue weighted by atomic mass is 10.2. The molecule has 0 saturated carbocycles. The van der Waals surface area contributed by atoms with E-state index < -0.39 is 0 Å². The molecule has 0 fully saturated rings. The Morgan fingerprint density at radius 2 is 1.95 bits per heavy atom. The zero-order valence-corrected chi connectivity index (χ0v) is 13.3. The minimum absolute atomic E-state index is 0.237. The van der Waals surface area contributed by atoms with Gasteiger partial charge in [0, 0.05) is 16.7 Å². The van der Waals surface area contributed by atoms with E-state index in [1.165, 1.54) is 0 Å². The number of rotatable bonds is 5. The molecular formula is C16H17BrN2O2. The van der Waals surface area contributed by atoms with Crippen LogP contribution in [0.1, 0.15) is 12.5 Å². The Labute approximate surface area is 132 Å². The van der Waals surface area contributed by atoms with E-state index in [1.807, 2.05) is 55.5 Å². The molecular weight excluding hydrogens is 332 g/mol. The number of urea groups is 1. The highest BCUT2D eigenvalue weighted by atomic mass is 79.9. The molecule has 2 amide bonds. The van der Waals surface area contributed by atoms with Gasteiger partial charge in [-0.2, -0.15) is 0 Å². The lowest BCUT2D eigenvalue weighted by Crippen LogP contribution is -2.28. The van der Waals surface area contributed by atoms with Crippen molar-refractivity contribution in [3.05, 3.63) is 58.6 Å². The largest absolute Gasteiger partial charge is 0.494 e. The summed E-state index contributed by atoms with van der Waals surface area (Å²) in [6, 6.07) is 14.8. The molecule has 0 heterocycles. The van der Waals surface area contributed by atoms with Crippen molar-refractivity contribution < 1.29 is 9.53 Å². The van der Waals surface area contributed by atoms with Crippen LogP contribution in [0.2, 0.25) is 0 Å². The number of carbonyl (C=O) groups excluding carboxylic acids is 1. The van der Waals surface area contributed by atoms with Crippen LogP contribution in [-0.2, 0) is 6.54 Å². The van der Waals surface area contributed by atoms with Gasteiger partial charge in [0.25, 0.3) is 0 Å². The third kappa shape index (κ3) is 5.11. The first-order chi connectivity index (χ1) is 10.2. The van der Waals surface area contributed by atoms with E-state index in [0.717, 1.165) is 21.5 Å². The molecule has 0 aliphatic heterocycles. The summed E-state index contributed by atoms with van der Waals surface area (Å²) in [4.78, 5) is 11.8. The van der Waals surface area contributed by atoms with Crippen molar-refractivity contribution in [3.63, 3.8) is 0 Å². The van der Waals surface area contributed by atoms with Gasteiger partial charge in [-0.1, -0.05) is 28.1 Å². The van der Waals surface area contributed by atoms with Crippen molar-refractivity contribution >= 4 is 27.6 Å². The van der Waals surface area contributed by atoms with Gasteiger partial charge in [-0.05, 0) is 48.9 Å². The Kier molecular flexibility index (Phi) is 5.63. The molecule has 0 unspecified atom stereocenters. The molecule has 5 heteroatoms. The van der Waals surface area contributed by atoms with Crippen molar-refractivity contribution in [3.8, 4) is 5.75 Å². The highest BCUT2D eigenvalue weighted by Crippen LogP contribution is 2.15. The SMILES string of the molecule is CCOc1ccc(NC(=O)NCc2cccc(Br)c2)cc1. The van der Waals surface area contributed by atoms with Crippen LogP contribution in [0.15, 0.2) is 53.0 Å². The van der Waals surface area contributed by atoms with Gasteiger partial charge < -0.3 is 15.4 Å². The van der Waals surface area contributed by atoms with Crippen LogP contribution in [0, 0.1) is 0 Å². The minimum Gasteiger partial charge on any atom is -0.494 e. The van der Waals surface area contributed by atoms with Crippen molar-refractivity contribution in [1.29, 1.82) is 0 Å². The fraction of sp³-hybridized carbons (Fsp3) is 0.188. The molecule has 0 spiro atoms. The fourth-order valence-corrected chi connectivity index (χ4v) is 2.25. The molecule has 0 aliphatic rings. The molecule has 0 saturated heterocycles. The minimum atomic E-state index is -0.237. The molecule has 2 N–H and O–H groups in total. The van der Waals surface area contributed by atoms with Crippen LogP contribution in [0.5, 0.6) is 5.75 Å². The maximum Gasteiger partial charge on any atom is 0.319 e. The van der Waals surface area contributed by atoms with E-state index in [4.69, 9.17) is 4.74 Å². The van der Waals surface area contributed by atoms with Crippen LogP contribution in [0.4, 0.5) is 10.5 Å². The molecule has 2 aromatic rings. The van der Waals surface area contributed by atoms with Crippen molar-refractivity contribution in [2.24, 2.45) is 0 Å². The summed E-state index contributed by atoms with van der Waals surface area (Å²) >= 11 is 3.40. The lowest BCUT2D eigenvalue weighted by Gasteiger charge is -2.09. The summed E-state index contributed by atoms with van der Waals surface area (Å²) in [5.74, 6) is 0.789. The van der Waals surface area contributed by atoms with E-state index >= 15 is 0 Å². The highest BCUT2D eigenvalue weighted by molar-refractivity contribution is 9.10. The lowest BCUT2D eigenvalue weighted by molar-refractivity contribution is 0.251. The fourth-order valence-electron chi connectivity index (χ4n) is 1.81. The first-order valence-corrected chi connectivity index (χ1v) is 7.49. The molecule has 0 bridgehead atoms. The van der Waals surface area contributed by atoms with Gasteiger partial charge >= 0.3 is 6.03 Å². The molecule has 0 aliphatic carbocycles. The Morgan fingerprint density at radius 1 is 1.19 bits per heavy atom. The van der Waals surface area contributed by atoms with Crippen LogP contribution in [-0.4, -0.2) is 12.6 Å².